The summed E-state index contributed by atoms with van der Waals surface area (Å²) in [5.74, 6) is 0. The van der Waals surface area contributed by atoms with E-state index >= 15 is 0 Å². The second-order valence-electron chi connectivity index (χ2n) is 8.51. The molecule has 38 heavy (non-hydrogen) atoms. The van der Waals surface area contributed by atoms with Gasteiger partial charge in [-0.2, -0.15) is 0 Å². The number of fused-ring (bicyclic) bond motifs is 6. The maximum atomic E-state index is 9.38. The van der Waals surface area contributed by atoms with E-state index in [4.69, 9.17) is 23.6 Å². The predicted octanol–water partition coefficient (Wildman–Crippen LogP) is 10.7. The van der Waals surface area contributed by atoms with E-state index in [1.54, 1.807) is 0 Å². The highest BCUT2D eigenvalue weighted by molar-refractivity contribution is 6.24. The topological polar surface area (TPSA) is 13.1 Å². The third-order valence-corrected chi connectivity index (χ3v) is 6.31. The second-order valence-corrected chi connectivity index (χ2v) is 8.51. The Morgan fingerprint density at radius 1 is 0.500 bits per heavy atom. The molecule has 178 valence electrons. The van der Waals surface area contributed by atoms with Crippen LogP contribution in [0, 0.1) is 6.92 Å². The molecular weight excluding hydrogens is 460 g/mol. The van der Waals surface area contributed by atoms with Gasteiger partial charge >= 0.3 is 0 Å². The third-order valence-electron chi connectivity index (χ3n) is 6.31. The molecule has 0 fully saturated rings. The molecule has 1 heterocycles. The molecule has 0 aliphatic heterocycles. The summed E-state index contributed by atoms with van der Waals surface area (Å²) in [4.78, 5) is 0. The normalized spacial score (nSPS) is 19.6. The van der Waals surface area contributed by atoms with Crippen LogP contribution in [-0.2, 0) is 0 Å². The zero-order chi connectivity index (χ0) is 43.5. The lowest BCUT2D eigenvalue weighted by molar-refractivity contribution is 0.669. The zero-order valence-corrected chi connectivity index (χ0v) is 19.4. The fraction of sp³-hybridized carbons (Fsp3) is 0.0270. The van der Waals surface area contributed by atoms with Crippen molar-refractivity contribution in [2.24, 2.45) is 0 Å². The monoisotopic (exact) mass is 505 g/mol. The minimum absolute atomic E-state index is 0.0155. The maximum absolute atomic E-state index is 9.38. The van der Waals surface area contributed by atoms with Crippen molar-refractivity contribution in [1.82, 2.24) is 0 Å². The average molecular weight is 506 g/mol. The van der Waals surface area contributed by atoms with Gasteiger partial charge in [-0.3, -0.25) is 0 Å². The Labute approximate surface area is 250 Å². The molecule has 0 N–H and O–H groups in total. The summed E-state index contributed by atoms with van der Waals surface area (Å²) < 4.78 is 192. The quantitative estimate of drug-likeness (QED) is 0.213. The van der Waals surface area contributed by atoms with E-state index in [0.29, 0.717) is 0 Å². The molecular formula is C37H24O. The molecule has 1 nitrogen and oxygen atoms in total. The first-order chi connectivity index (χ1) is 27.5. The summed E-state index contributed by atoms with van der Waals surface area (Å²) in [6.45, 7) is 1.39. The van der Waals surface area contributed by atoms with Crippen molar-refractivity contribution < 1.29 is 33.2 Å². The summed E-state index contributed by atoms with van der Waals surface area (Å²) in [5, 5.41) is -4.00. The lowest BCUT2D eigenvalue weighted by atomic mass is 9.85. The smallest absolute Gasteiger partial charge is 0.143 e. The molecule has 1 heteroatoms. The van der Waals surface area contributed by atoms with E-state index in [1.165, 1.54) is 6.92 Å². The van der Waals surface area contributed by atoms with Gasteiger partial charge in [-0.1, -0.05) is 115 Å². The first-order valence-electron chi connectivity index (χ1n) is 21.9. The van der Waals surface area contributed by atoms with E-state index < -0.39 is 181 Å². The van der Waals surface area contributed by atoms with Crippen LogP contribution in [-0.4, -0.2) is 0 Å². The van der Waals surface area contributed by atoms with Crippen LogP contribution in [0.2, 0.25) is 0 Å². The minimum Gasteiger partial charge on any atom is -0.455 e. The number of hydrogen-bond donors (Lipinski definition) is 0. The van der Waals surface area contributed by atoms with Crippen molar-refractivity contribution in [3.63, 3.8) is 0 Å². The molecule has 0 spiro atoms. The molecule has 7 aromatic carbocycles. The Bertz CT molecular complexity index is 3270. The Kier molecular flexibility index (Phi) is 1.94. The highest BCUT2D eigenvalue weighted by Gasteiger charge is 2.20. The summed E-state index contributed by atoms with van der Waals surface area (Å²) in [6, 6.07) is -16.2. The van der Waals surface area contributed by atoms with E-state index in [-0.39, 0.29) is 28.0 Å². The van der Waals surface area contributed by atoms with Crippen LogP contribution < -0.4 is 0 Å². The fourth-order valence-electron chi connectivity index (χ4n) is 4.71. The molecule has 8 rings (SSSR count). The van der Waals surface area contributed by atoms with Crippen LogP contribution in [0.1, 0.15) is 34.3 Å². The molecule has 0 saturated carbocycles. The summed E-state index contributed by atoms with van der Waals surface area (Å²) in [7, 11) is 0. The molecule has 1 aromatic heterocycles. The van der Waals surface area contributed by atoms with Crippen molar-refractivity contribution in [3.05, 3.63) is 132 Å². The summed E-state index contributed by atoms with van der Waals surface area (Å²) in [5.41, 5.74) is -3.14. The van der Waals surface area contributed by atoms with Gasteiger partial charge < -0.3 is 4.42 Å². The third kappa shape index (κ3) is 3.06. The first kappa shape index (κ1) is 9.15. The predicted molar refractivity (Wildman–Crippen MR) is 162 cm³/mol. The van der Waals surface area contributed by atoms with E-state index in [2.05, 4.69) is 0 Å². The zero-order valence-electron chi connectivity index (χ0n) is 40.4. The standard InChI is InChI=1S/C37H24O/c1-23-17-20-27-32-15-8-16-33(37(32)38-34(27)21-23)36-30-13-6-4-11-28(30)35(29-12-5-7-14-31(29)36)26-19-18-24-9-2-3-10-25(24)22-26/h2-22H,1H3/i2D,3D,4D,5D,6D,7D,8D,9D,10D,11D,12D,13D,14D,15D,16D,17D,18D,19D,20D,21D,22D. The first-order valence-corrected chi connectivity index (χ1v) is 11.4. The molecule has 0 saturated heterocycles. The average Bonchev–Trinajstić information content (AvgIpc) is 3.61. The summed E-state index contributed by atoms with van der Waals surface area (Å²) >= 11 is 0. The highest BCUT2D eigenvalue weighted by atomic mass is 16.3. The van der Waals surface area contributed by atoms with Crippen molar-refractivity contribution in [3.8, 4) is 22.3 Å². The Morgan fingerprint density at radius 2 is 1.13 bits per heavy atom. The van der Waals surface area contributed by atoms with Crippen LogP contribution in [0.4, 0.5) is 0 Å². The highest BCUT2D eigenvalue weighted by Crippen LogP contribution is 2.46. The molecule has 0 atom stereocenters. The fourth-order valence-corrected chi connectivity index (χ4v) is 4.71. The largest absolute Gasteiger partial charge is 0.455 e. The molecule has 8 aromatic rings. The van der Waals surface area contributed by atoms with Gasteiger partial charge in [0.05, 0.1) is 28.8 Å². The Balaban J connectivity index is 1.79. The molecule has 0 aliphatic carbocycles. The van der Waals surface area contributed by atoms with Crippen molar-refractivity contribution in [1.29, 1.82) is 0 Å². The number of benzene rings is 7. The van der Waals surface area contributed by atoms with Crippen molar-refractivity contribution >= 4 is 54.3 Å². The van der Waals surface area contributed by atoms with Gasteiger partial charge in [0, 0.05) is 21.9 Å². The molecule has 0 bridgehead atoms. The Morgan fingerprint density at radius 3 is 1.87 bits per heavy atom. The number of furan rings is 1. The minimum atomic E-state index is -0.888. The SMILES string of the molecule is [2H]c1c([2H])c([2H])c2c(oc3c([2H])c(C)c([2H])c([2H])c32)c1-c1c2c([2H])c([2H])c([2H])c([2H])c2c(-c2c([2H])c([2H])c3c([2H])c([2H])c([2H])c([2H])c3c2[2H])c2c([2H])c([2H])c([2H])c([2H])c12. The van der Waals surface area contributed by atoms with Crippen molar-refractivity contribution in [2.75, 3.05) is 0 Å². The van der Waals surface area contributed by atoms with E-state index in [0.717, 1.165) is 0 Å². The summed E-state index contributed by atoms with van der Waals surface area (Å²) in [6.07, 6.45) is 0. The molecule has 0 radical (unpaired) electrons. The van der Waals surface area contributed by atoms with Crippen LogP contribution in [0.15, 0.2) is 131 Å². The van der Waals surface area contributed by atoms with E-state index in [9.17, 15) is 9.60 Å². The van der Waals surface area contributed by atoms with E-state index in [1.807, 2.05) is 0 Å². The van der Waals surface area contributed by atoms with Gasteiger partial charge in [0.15, 0.2) is 0 Å². The van der Waals surface area contributed by atoms with Gasteiger partial charge in [-0.25, -0.2) is 0 Å². The number of rotatable bonds is 2. The van der Waals surface area contributed by atoms with Gasteiger partial charge in [-0.05, 0) is 68.0 Å². The van der Waals surface area contributed by atoms with Crippen LogP contribution in [0.5, 0.6) is 0 Å². The lowest BCUT2D eigenvalue weighted by Crippen LogP contribution is -1.91. The maximum Gasteiger partial charge on any atom is 0.143 e. The van der Waals surface area contributed by atoms with Crippen LogP contribution in [0.25, 0.3) is 76.5 Å². The van der Waals surface area contributed by atoms with Gasteiger partial charge in [0.25, 0.3) is 0 Å². The second kappa shape index (κ2) is 8.06. The van der Waals surface area contributed by atoms with Gasteiger partial charge in [0.2, 0.25) is 0 Å². The molecule has 0 amide bonds. The van der Waals surface area contributed by atoms with Gasteiger partial charge in [-0.15, -0.1) is 0 Å². The number of para-hydroxylation sites is 1. The van der Waals surface area contributed by atoms with Crippen LogP contribution >= 0.6 is 0 Å². The lowest BCUT2D eigenvalue weighted by Gasteiger charge is -2.18. The van der Waals surface area contributed by atoms with Crippen LogP contribution in [0.3, 0.4) is 0 Å². The van der Waals surface area contributed by atoms with Gasteiger partial charge in [0.1, 0.15) is 11.2 Å². The molecule has 0 aliphatic rings. The van der Waals surface area contributed by atoms with Crippen molar-refractivity contribution in [2.45, 2.75) is 6.92 Å². The molecule has 0 unspecified atom stereocenters. The Hall–Kier alpha value is -4.88. The number of hydrogen-bond acceptors (Lipinski definition) is 1.